The lowest BCUT2D eigenvalue weighted by Crippen LogP contribution is -2.57. The molecule has 2 unspecified atom stereocenters. The van der Waals surface area contributed by atoms with Gasteiger partial charge in [0.25, 0.3) is 0 Å². The van der Waals surface area contributed by atoms with Crippen LogP contribution in [0, 0.1) is 5.92 Å². The van der Waals surface area contributed by atoms with Gasteiger partial charge in [0.2, 0.25) is 0 Å². The summed E-state index contributed by atoms with van der Waals surface area (Å²) in [4.78, 5) is 2.66. The average molecular weight is 270 g/mol. The molecule has 1 fully saturated rings. The van der Waals surface area contributed by atoms with Crippen molar-refractivity contribution in [3.8, 4) is 0 Å². The van der Waals surface area contributed by atoms with Crippen LogP contribution < -0.4 is 5.32 Å². The second-order valence-corrected chi connectivity index (χ2v) is 6.51. The summed E-state index contributed by atoms with van der Waals surface area (Å²) in [5.74, 6) is 0.859. The molecular weight excluding hydrogens is 244 g/mol. The van der Waals surface area contributed by atoms with E-state index in [0.29, 0.717) is 0 Å². The molecule has 1 N–H and O–H groups in total. The fourth-order valence-electron chi connectivity index (χ4n) is 3.61. The van der Waals surface area contributed by atoms with E-state index in [1.54, 1.807) is 0 Å². The van der Waals surface area contributed by atoms with Crippen LogP contribution in [0.15, 0.2) is 42.5 Å². The summed E-state index contributed by atoms with van der Waals surface area (Å²) in [6.07, 6.45) is 8.61. The Hall–Kier alpha value is -1.12. The molecule has 2 heteroatoms. The van der Waals surface area contributed by atoms with Gasteiger partial charge in [0, 0.05) is 26.2 Å². The van der Waals surface area contributed by atoms with Gasteiger partial charge in [-0.15, -0.1) is 0 Å². The number of hydrogen-bond donors (Lipinski definition) is 1. The third-order valence-electron chi connectivity index (χ3n) is 4.79. The van der Waals surface area contributed by atoms with Gasteiger partial charge in [0.05, 0.1) is 5.54 Å². The topological polar surface area (TPSA) is 15.3 Å². The van der Waals surface area contributed by atoms with Gasteiger partial charge in [-0.05, 0) is 37.7 Å². The average Bonchev–Trinajstić information content (AvgIpc) is 2.49. The minimum Gasteiger partial charge on any atom is -0.305 e. The maximum atomic E-state index is 3.72. The van der Waals surface area contributed by atoms with Crippen LogP contribution in [0.1, 0.15) is 31.7 Å². The van der Waals surface area contributed by atoms with E-state index in [9.17, 15) is 0 Å². The Balaban J connectivity index is 1.65. The first-order chi connectivity index (χ1) is 9.76. The summed E-state index contributed by atoms with van der Waals surface area (Å²) in [5, 5.41) is 3.72. The van der Waals surface area contributed by atoms with Gasteiger partial charge in [0.15, 0.2) is 0 Å². The summed E-state index contributed by atoms with van der Waals surface area (Å²) in [7, 11) is 0. The third kappa shape index (κ3) is 3.13. The molecule has 1 aromatic carbocycles. The molecule has 0 aromatic heterocycles. The van der Waals surface area contributed by atoms with Crippen LogP contribution in [0.3, 0.4) is 0 Å². The summed E-state index contributed by atoms with van der Waals surface area (Å²) in [6, 6.07) is 10.9. The molecule has 2 aliphatic rings. The molecule has 1 aromatic rings. The predicted molar refractivity (Wildman–Crippen MR) is 84.7 cm³/mol. The molecular formula is C18H26N2. The smallest absolute Gasteiger partial charge is 0.0535 e. The van der Waals surface area contributed by atoms with E-state index < -0.39 is 0 Å². The van der Waals surface area contributed by atoms with Crippen LogP contribution >= 0.6 is 0 Å². The van der Waals surface area contributed by atoms with Crippen LogP contribution in [-0.2, 0) is 5.54 Å². The fourth-order valence-corrected chi connectivity index (χ4v) is 3.61. The van der Waals surface area contributed by atoms with Crippen molar-refractivity contribution < 1.29 is 0 Å². The highest BCUT2D eigenvalue weighted by Crippen LogP contribution is 2.26. The molecule has 20 heavy (non-hydrogen) atoms. The summed E-state index contributed by atoms with van der Waals surface area (Å²) >= 11 is 0. The van der Waals surface area contributed by atoms with Crippen LogP contribution in [0.25, 0.3) is 0 Å². The quantitative estimate of drug-likeness (QED) is 0.849. The zero-order valence-corrected chi connectivity index (χ0v) is 12.5. The summed E-state index contributed by atoms with van der Waals surface area (Å²) in [6.45, 7) is 7.00. The minimum absolute atomic E-state index is 0.101. The number of nitrogens with zero attached hydrogens (tertiary/aromatic N) is 1. The molecule has 3 rings (SSSR count). The van der Waals surface area contributed by atoms with Crippen molar-refractivity contribution in [1.82, 2.24) is 10.2 Å². The Morgan fingerprint density at radius 2 is 2.10 bits per heavy atom. The van der Waals surface area contributed by atoms with E-state index in [1.807, 2.05) is 0 Å². The van der Waals surface area contributed by atoms with Gasteiger partial charge < -0.3 is 5.32 Å². The highest BCUT2D eigenvalue weighted by Gasteiger charge is 2.32. The summed E-state index contributed by atoms with van der Waals surface area (Å²) < 4.78 is 0. The number of hydrogen-bond acceptors (Lipinski definition) is 2. The molecule has 2 atom stereocenters. The number of rotatable bonds is 3. The first kappa shape index (κ1) is 13.8. The van der Waals surface area contributed by atoms with Crippen LogP contribution in [0.4, 0.5) is 0 Å². The lowest BCUT2D eigenvalue weighted by atomic mass is 9.88. The molecule has 1 aliphatic carbocycles. The van der Waals surface area contributed by atoms with Gasteiger partial charge >= 0.3 is 0 Å². The van der Waals surface area contributed by atoms with Crippen molar-refractivity contribution in [3.63, 3.8) is 0 Å². The van der Waals surface area contributed by atoms with E-state index in [-0.39, 0.29) is 5.54 Å². The van der Waals surface area contributed by atoms with Gasteiger partial charge in [-0.1, -0.05) is 42.5 Å². The van der Waals surface area contributed by atoms with Crippen LogP contribution in [-0.4, -0.2) is 31.1 Å². The monoisotopic (exact) mass is 270 g/mol. The largest absolute Gasteiger partial charge is 0.305 e. The van der Waals surface area contributed by atoms with E-state index in [2.05, 4.69) is 59.6 Å². The zero-order valence-electron chi connectivity index (χ0n) is 12.5. The van der Waals surface area contributed by atoms with Gasteiger partial charge in [-0.25, -0.2) is 0 Å². The molecule has 2 nitrogen and oxygen atoms in total. The van der Waals surface area contributed by atoms with E-state index in [0.717, 1.165) is 19.0 Å². The Morgan fingerprint density at radius 3 is 2.85 bits per heavy atom. The van der Waals surface area contributed by atoms with Crippen molar-refractivity contribution in [2.75, 3.05) is 26.2 Å². The predicted octanol–water partition coefficient (Wildman–Crippen LogP) is 3.16. The molecule has 0 spiro atoms. The van der Waals surface area contributed by atoms with Crippen molar-refractivity contribution in [3.05, 3.63) is 48.0 Å². The van der Waals surface area contributed by atoms with Crippen LogP contribution in [0.2, 0.25) is 0 Å². The van der Waals surface area contributed by atoms with Crippen molar-refractivity contribution in [2.45, 2.75) is 31.7 Å². The van der Waals surface area contributed by atoms with Crippen molar-refractivity contribution >= 4 is 0 Å². The maximum Gasteiger partial charge on any atom is 0.0535 e. The fraction of sp³-hybridized carbons (Fsp3) is 0.556. The number of allylic oxidation sites excluding steroid dienone is 2. The SMILES string of the molecule is CC1(c2ccccc2)CN(CC2CC=CCC2)CCN1. The standard InChI is InChI=1S/C18H26N2/c1-18(17-10-6-3-7-11-17)15-20(13-12-19-18)14-16-8-4-2-5-9-16/h2-4,6-7,10-11,16,19H,5,8-9,12-15H2,1H3. The molecule has 0 saturated carbocycles. The Kier molecular flexibility index (Phi) is 4.23. The van der Waals surface area contributed by atoms with Crippen molar-refractivity contribution in [1.29, 1.82) is 0 Å². The minimum atomic E-state index is 0.101. The normalized spacial score (nSPS) is 31.4. The van der Waals surface area contributed by atoms with Crippen LogP contribution in [0.5, 0.6) is 0 Å². The zero-order chi connectivity index (χ0) is 13.8. The van der Waals surface area contributed by atoms with Gasteiger partial charge in [-0.2, -0.15) is 0 Å². The molecule has 1 aliphatic heterocycles. The lowest BCUT2D eigenvalue weighted by Gasteiger charge is -2.43. The highest BCUT2D eigenvalue weighted by molar-refractivity contribution is 5.24. The molecule has 108 valence electrons. The number of piperazine rings is 1. The van der Waals surface area contributed by atoms with Gasteiger partial charge in [-0.3, -0.25) is 4.90 Å². The maximum absolute atomic E-state index is 3.72. The Bertz CT molecular complexity index is 454. The first-order valence-electron chi connectivity index (χ1n) is 7.94. The Labute approximate surface area is 122 Å². The van der Waals surface area contributed by atoms with E-state index >= 15 is 0 Å². The number of nitrogens with one attached hydrogen (secondary N) is 1. The molecule has 0 bridgehead atoms. The number of benzene rings is 1. The van der Waals surface area contributed by atoms with Gasteiger partial charge in [0.1, 0.15) is 0 Å². The van der Waals surface area contributed by atoms with E-state index in [1.165, 1.54) is 37.9 Å². The molecule has 0 radical (unpaired) electrons. The third-order valence-corrected chi connectivity index (χ3v) is 4.79. The second-order valence-electron chi connectivity index (χ2n) is 6.51. The molecule has 1 heterocycles. The molecule has 0 amide bonds. The van der Waals surface area contributed by atoms with E-state index in [4.69, 9.17) is 0 Å². The first-order valence-corrected chi connectivity index (χ1v) is 7.94. The lowest BCUT2D eigenvalue weighted by molar-refractivity contribution is 0.122. The van der Waals surface area contributed by atoms with Crippen molar-refractivity contribution in [2.24, 2.45) is 5.92 Å². The molecule has 1 saturated heterocycles. The summed E-state index contributed by atoms with van der Waals surface area (Å²) in [5.41, 5.74) is 1.51. The second kappa shape index (κ2) is 6.11. The highest BCUT2D eigenvalue weighted by atomic mass is 15.2. The Morgan fingerprint density at radius 1 is 1.25 bits per heavy atom.